The zero-order chi connectivity index (χ0) is 25.0. The average Bonchev–Trinajstić information content (AvgIpc) is 3.56. The first-order valence-electron chi connectivity index (χ1n) is 12.8. The van der Waals surface area contributed by atoms with Gasteiger partial charge in [-0.25, -0.2) is 9.97 Å². The Morgan fingerprint density at radius 2 is 2.25 bits per heavy atom. The number of hydrogen-bond acceptors (Lipinski definition) is 7. The van der Waals surface area contributed by atoms with Crippen molar-refractivity contribution in [3.05, 3.63) is 39.7 Å². The summed E-state index contributed by atoms with van der Waals surface area (Å²) in [7, 11) is 1.63. The molecule has 1 amide bonds. The number of nitrogens with zero attached hydrogens (tertiary/aromatic N) is 3. The Kier molecular flexibility index (Phi) is 6.07. The van der Waals surface area contributed by atoms with Crippen LogP contribution in [0.25, 0.3) is 11.1 Å². The molecule has 190 valence electrons. The van der Waals surface area contributed by atoms with Gasteiger partial charge in [0.25, 0.3) is 0 Å². The van der Waals surface area contributed by atoms with Crippen molar-refractivity contribution in [3.8, 4) is 0 Å². The van der Waals surface area contributed by atoms with Crippen molar-refractivity contribution in [1.82, 2.24) is 9.97 Å². The minimum absolute atomic E-state index is 0.00989. The van der Waals surface area contributed by atoms with Crippen LogP contribution in [0.3, 0.4) is 0 Å². The fourth-order valence-electron chi connectivity index (χ4n) is 7.50. The van der Waals surface area contributed by atoms with Crippen molar-refractivity contribution in [2.45, 2.75) is 64.7 Å². The number of aryl methyl sites for hydroxylation is 1. The molecule has 3 aliphatic rings. The summed E-state index contributed by atoms with van der Waals surface area (Å²) in [6.07, 6.45) is 9.63. The van der Waals surface area contributed by atoms with Crippen LogP contribution in [0, 0.1) is 30.1 Å². The second-order valence-electron chi connectivity index (χ2n) is 10.8. The molecule has 9 heteroatoms. The fraction of sp³-hybridized carbons (Fsp3) is 0.556. The van der Waals surface area contributed by atoms with Crippen LogP contribution in [0.4, 0.5) is 5.13 Å². The first-order chi connectivity index (χ1) is 17.4. The third-order valence-electron chi connectivity index (χ3n) is 8.95. The van der Waals surface area contributed by atoms with Crippen LogP contribution in [-0.4, -0.2) is 28.7 Å². The SMILES string of the molecule is CON=C1C[C@@H](CCC(=O)Nc2ncc(C)s2)C2C3CCc4c(cc5ncoc5c4Cl)C3CC[C@]12C. The molecule has 0 bridgehead atoms. The molecule has 3 unspecified atom stereocenters. The van der Waals surface area contributed by atoms with Gasteiger partial charge in [0.15, 0.2) is 17.1 Å². The van der Waals surface area contributed by atoms with Gasteiger partial charge in [-0.1, -0.05) is 23.7 Å². The Hall–Kier alpha value is -2.45. The maximum absolute atomic E-state index is 12.8. The summed E-state index contributed by atoms with van der Waals surface area (Å²) in [5.74, 6) is 1.80. The number of benzene rings is 1. The van der Waals surface area contributed by atoms with E-state index in [1.165, 1.54) is 28.9 Å². The maximum Gasteiger partial charge on any atom is 0.226 e. The van der Waals surface area contributed by atoms with Gasteiger partial charge in [-0.2, -0.15) is 0 Å². The van der Waals surface area contributed by atoms with E-state index < -0.39 is 0 Å². The molecule has 36 heavy (non-hydrogen) atoms. The molecule has 0 aliphatic heterocycles. The number of rotatable bonds is 5. The smallest absolute Gasteiger partial charge is 0.226 e. The Morgan fingerprint density at radius 1 is 1.39 bits per heavy atom. The molecule has 3 aromatic rings. The van der Waals surface area contributed by atoms with Gasteiger partial charge in [0.05, 0.1) is 10.7 Å². The Bertz CT molecular complexity index is 1350. The molecule has 7 nitrogen and oxygen atoms in total. The minimum Gasteiger partial charge on any atom is -0.442 e. The first kappa shape index (κ1) is 23.9. The molecule has 2 heterocycles. The number of oxime groups is 1. The Labute approximate surface area is 219 Å². The lowest BCUT2D eigenvalue weighted by Crippen LogP contribution is -2.44. The van der Waals surface area contributed by atoms with Crippen LogP contribution in [0.2, 0.25) is 5.02 Å². The standard InChI is InChI=1S/C27H31ClN4O3S/c1-14-12-29-26(36-14)31-22(33)7-4-15-10-21(32-34-3)27(2)9-8-16-17(23(15)27)5-6-18-19(16)11-20-25(24(18)28)35-13-30-20/h11-13,15-17,23H,4-10H2,1-3H3,(H,29,31,33)/t15-,16?,17?,23?,27-/m1/s1. The van der Waals surface area contributed by atoms with Crippen molar-refractivity contribution in [2.75, 3.05) is 12.4 Å². The second kappa shape index (κ2) is 9.14. The summed E-state index contributed by atoms with van der Waals surface area (Å²) in [4.78, 5) is 27.9. The van der Waals surface area contributed by atoms with Gasteiger partial charge >= 0.3 is 0 Å². The first-order valence-corrected chi connectivity index (χ1v) is 14.0. The highest BCUT2D eigenvalue weighted by atomic mass is 35.5. The van der Waals surface area contributed by atoms with E-state index >= 15 is 0 Å². The van der Waals surface area contributed by atoms with E-state index in [4.69, 9.17) is 20.9 Å². The van der Waals surface area contributed by atoms with Crippen molar-refractivity contribution in [2.24, 2.45) is 28.3 Å². The van der Waals surface area contributed by atoms with Crippen molar-refractivity contribution >= 4 is 50.8 Å². The summed E-state index contributed by atoms with van der Waals surface area (Å²) >= 11 is 8.31. The van der Waals surface area contributed by atoms with Gasteiger partial charge in [-0.05, 0) is 86.3 Å². The minimum atomic E-state index is -0.00989. The molecule has 2 fully saturated rings. The molecule has 2 saturated carbocycles. The van der Waals surface area contributed by atoms with E-state index in [-0.39, 0.29) is 11.3 Å². The van der Waals surface area contributed by atoms with E-state index in [2.05, 4.69) is 33.4 Å². The predicted octanol–water partition coefficient (Wildman–Crippen LogP) is 6.75. The maximum atomic E-state index is 12.8. The molecule has 1 N–H and O–H groups in total. The number of fused-ring (bicyclic) bond motifs is 6. The number of anilines is 1. The molecule has 3 aliphatic carbocycles. The highest BCUT2D eigenvalue weighted by Gasteiger charge is 2.57. The van der Waals surface area contributed by atoms with Crippen LogP contribution in [0.1, 0.15) is 67.4 Å². The summed E-state index contributed by atoms with van der Waals surface area (Å²) < 4.78 is 5.58. The highest BCUT2D eigenvalue weighted by molar-refractivity contribution is 7.15. The molecule has 0 saturated heterocycles. The largest absolute Gasteiger partial charge is 0.442 e. The summed E-state index contributed by atoms with van der Waals surface area (Å²) in [6.45, 7) is 4.36. The monoisotopic (exact) mass is 526 g/mol. The van der Waals surface area contributed by atoms with Gasteiger partial charge in [-0.15, -0.1) is 11.3 Å². The lowest BCUT2D eigenvalue weighted by molar-refractivity contribution is -0.116. The number of amides is 1. The van der Waals surface area contributed by atoms with Gasteiger partial charge in [0.1, 0.15) is 12.6 Å². The van der Waals surface area contributed by atoms with Crippen LogP contribution >= 0.6 is 22.9 Å². The van der Waals surface area contributed by atoms with Gasteiger partial charge < -0.3 is 14.6 Å². The predicted molar refractivity (Wildman–Crippen MR) is 142 cm³/mol. The number of hydrogen-bond donors (Lipinski definition) is 1. The van der Waals surface area contributed by atoms with E-state index in [9.17, 15) is 4.79 Å². The molecule has 6 rings (SSSR count). The number of nitrogens with one attached hydrogen (secondary N) is 1. The number of carbonyl (C=O) groups excluding carboxylic acids is 1. The number of carbonyl (C=O) groups is 1. The fourth-order valence-corrected chi connectivity index (χ4v) is 8.53. The quantitative estimate of drug-likeness (QED) is 0.371. The number of thiazole rings is 1. The number of oxazole rings is 1. The van der Waals surface area contributed by atoms with Gasteiger partial charge in [-0.3, -0.25) is 4.79 Å². The van der Waals surface area contributed by atoms with Crippen LogP contribution in [0.15, 0.2) is 28.2 Å². The molecule has 1 aromatic carbocycles. The average molecular weight is 527 g/mol. The Morgan fingerprint density at radius 3 is 3.03 bits per heavy atom. The van der Waals surface area contributed by atoms with E-state index in [0.29, 0.717) is 40.8 Å². The highest BCUT2D eigenvalue weighted by Crippen LogP contribution is 2.63. The van der Waals surface area contributed by atoms with E-state index in [0.717, 1.165) is 59.7 Å². The molecule has 2 aromatic heterocycles. The van der Waals surface area contributed by atoms with Crippen LogP contribution in [0.5, 0.6) is 0 Å². The molecular formula is C27H31ClN4O3S. The number of aromatic nitrogens is 2. The summed E-state index contributed by atoms with van der Waals surface area (Å²) in [5, 5.41) is 8.90. The van der Waals surface area contributed by atoms with E-state index in [1.807, 2.05) is 6.92 Å². The van der Waals surface area contributed by atoms with Gasteiger partial charge in [0.2, 0.25) is 5.91 Å². The van der Waals surface area contributed by atoms with Crippen molar-refractivity contribution in [1.29, 1.82) is 0 Å². The van der Waals surface area contributed by atoms with Crippen LogP contribution < -0.4 is 5.32 Å². The summed E-state index contributed by atoms with van der Waals surface area (Å²) in [5.41, 5.74) is 5.25. The lowest BCUT2D eigenvalue weighted by atomic mass is 9.54. The zero-order valence-electron chi connectivity index (χ0n) is 20.8. The third kappa shape index (κ3) is 3.84. The van der Waals surface area contributed by atoms with Crippen LogP contribution in [-0.2, 0) is 16.1 Å². The second-order valence-corrected chi connectivity index (χ2v) is 12.4. The third-order valence-corrected chi connectivity index (χ3v) is 10.2. The van der Waals surface area contributed by atoms with E-state index in [1.54, 1.807) is 13.3 Å². The van der Waals surface area contributed by atoms with Gasteiger partial charge in [0, 0.05) is 22.9 Å². The van der Waals surface area contributed by atoms with Crippen molar-refractivity contribution in [3.63, 3.8) is 0 Å². The summed E-state index contributed by atoms with van der Waals surface area (Å²) in [6, 6.07) is 2.21. The number of halogens is 1. The zero-order valence-corrected chi connectivity index (χ0v) is 22.4. The normalized spacial score (nSPS) is 30.2. The lowest BCUT2D eigenvalue weighted by Gasteiger charge is -2.50. The molecule has 0 spiro atoms. The molecule has 5 atom stereocenters. The molecule has 0 radical (unpaired) electrons. The van der Waals surface area contributed by atoms with Crippen molar-refractivity contribution < 1.29 is 14.0 Å². The topological polar surface area (TPSA) is 89.6 Å². The Balaban J connectivity index is 1.28. The molecular weight excluding hydrogens is 496 g/mol.